The van der Waals surface area contributed by atoms with Crippen molar-refractivity contribution in [2.24, 2.45) is 0 Å². The highest BCUT2D eigenvalue weighted by atomic mass is 16.2. The molecule has 8 nitrogen and oxygen atoms in total. The molecule has 27 heavy (non-hydrogen) atoms. The second kappa shape index (κ2) is 10.0. The van der Waals surface area contributed by atoms with Gasteiger partial charge in [0.1, 0.15) is 5.82 Å². The number of hydrogen-bond donors (Lipinski definition) is 2. The lowest BCUT2D eigenvalue weighted by molar-refractivity contribution is 0.185. The Morgan fingerprint density at radius 2 is 1.96 bits per heavy atom. The Kier molecular flexibility index (Phi) is 7.15. The molecule has 1 aliphatic heterocycles. The molecule has 1 aliphatic rings. The molecule has 146 valence electrons. The minimum absolute atomic E-state index is 0.0609. The van der Waals surface area contributed by atoms with Crippen LogP contribution in [-0.2, 0) is 6.54 Å². The van der Waals surface area contributed by atoms with Crippen LogP contribution in [0.5, 0.6) is 0 Å². The lowest BCUT2D eigenvalue weighted by Crippen LogP contribution is -2.44. The van der Waals surface area contributed by atoms with Gasteiger partial charge in [-0.15, -0.1) is 0 Å². The molecule has 2 N–H and O–H groups in total. The third kappa shape index (κ3) is 5.75. The molecule has 2 amide bonds. The molecule has 2 aromatic heterocycles. The first-order chi connectivity index (χ1) is 13.3. The van der Waals surface area contributed by atoms with Crippen LogP contribution in [0.1, 0.15) is 38.4 Å². The second-order valence-electron chi connectivity index (χ2n) is 6.84. The van der Waals surface area contributed by atoms with Gasteiger partial charge in [-0.05, 0) is 45.0 Å². The van der Waals surface area contributed by atoms with Gasteiger partial charge < -0.3 is 15.1 Å². The van der Waals surface area contributed by atoms with E-state index in [0.29, 0.717) is 24.7 Å². The number of carbonyl (C=O) groups excluding carboxylic acids is 1. The van der Waals surface area contributed by atoms with Crippen LogP contribution >= 0.6 is 0 Å². The molecular formula is C19H29N7O. The molecular weight excluding hydrogens is 342 g/mol. The van der Waals surface area contributed by atoms with Crippen molar-refractivity contribution in [3.63, 3.8) is 0 Å². The first-order valence-electron chi connectivity index (χ1n) is 9.83. The molecule has 0 atom stereocenters. The Labute approximate surface area is 160 Å². The maximum Gasteiger partial charge on any atom is 0.317 e. The van der Waals surface area contributed by atoms with E-state index in [0.717, 1.165) is 31.7 Å². The van der Waals surface area contributed by atoms with Crippen LogP contribution in [0.15, 0.2) is 24.5 Å². The lowest BCUT2D eigenvalue weighted by Gasteiger charge is -2.26. The van der Waals surface area contributed by atoms with E-state index in [9.17, 15) is 4.79 Å². The predicted octanol–water partition coefficient (Wildman–Crippen LogP) is 2.27. The highest BCUT2D eigenvalue weighted by molar-refractivity contribution is 5.74. The van der Waals surface area contributed by atoms with Gasteiger partial charge in [-0.2, -0.15) is 5.10 Å². The van der Waals surface area contributed by atoms with E-state index >= 15 is 0 Å². The monoisotopic (exact) mass is 371 g/mol. The van der Waals surface area contributed by atoms with E-state index in [-0.39, 0.29) is 6.03 Å². The van der Waals surface area contributed by atoms with Gasteiger partial charge in [0.15, 0.2) is 5.82 Å². The third-order valence-corrected chi connectivity index (χ3v) is 4.93. The number of aromatic nitrogens is 4. The Morgan fingerprint density at radius 3 is 2.67 bits per heavy atom. The number of nitrogens with one attached hydrogen (secondary N) is 2. The van der Waals surface area contributed by atoms with Crippen LogP contribution < -0.4 is 5.32 Å². The Bertz CT molecular complexity index is 695. The molecule has 0 aromatic carbocycles. The normalized spacial score (nSPS) is 15.3. The van der Waals surface area contributed by atoms with Crippen molar-refractivity contribution in [2.75, 3.05) is 32.7 Å². The Hall–Kier alpha value is -2.48. The molecule has 0 radical (unpaired) electrons. The fourth-order valence-electron chi connectivity index (χ4n) is 3.30. The van der Waals surface area contributed by atoms with Gasteiger partial charge in [0.2, 0.25) is 0 Å². The largest absolute Gasteiger partial charge is 0.331 e. The molecule has 0 unspecified atom stereocenters. The van der Waals surface area contributed by atoms with E-state index in [2.05, 4.69) is 30.4 Å². The minimum Gasteiger partial charge on any atom is -0.331 e. The third-order valence-electron chi connectivity index (χ3n) is 4.93. The molecule has 0 spiro atoms. The maximum atomic E-state index is 12.5. The van der Waals surface area contributed by atoms with E-state index < -0.39 is 0 Å². The zero-order valence-electron chi connectivity index (χ0n) is 16.0. The molecule has 1 fully saturated rings. The number of H-pyrrole nitrogens is 1. The van der Waals surface area contributed by atoms with E-state index in [1.54, 1.807) is 12.4 Å². The minimum atomic E-state index is -0.0609. The lowest BCUT2D eigenvalue weighted by atomic mass is 10.2. The topological polar surface area (TPSA) is 90.0 Å². The quantitative estimate of drug-likeness (QED) is 0.779. The number of amides is 2. The Morgan fingerprint density at radius 1 is 1.22 bits per heavy atom. The molecule has 3 rings (SSSR count). The summed E-state index contributed by atoms with van der Waals surface area (Å²) in [6, 6.07) is 3.65. The van der Waals surface area contributed by atoms with Gasteiger partial charge in [0, 0.05) is 37.6 Å². The van der Waals surface area contributed by atoms with Gasteiger partial charge >= 0.3 is 6.03 Å². The first-order valence-corrected chi connectivity index (χ1v) is 9.83. The van der Waals surface area contributed by atoms with Crippen LogP contribution in [0, 0.1) is 0 Å². The second-order valence-corrected chi connectivity index (χ2v) is 6.84. The van der Waals surface area contributed by atoms with Crippen molar-refractivity contribution in [2.45, 2.75) is 39.2 Å². The number of pyridine rings is 1. The van der Waals surface area contributed by atoms with Gasteiger partial charge in [0.05, 0.1) is 6.54 Å². The number of likely N-dealkylation sites (tertiary alicyclic amines) is 1. The zero-order valence-corrected chi connectivity index (χ0v) is 16.0. The number of rotatable bonds is 7. The summed E-state index contributed by atoms with van der Waals surface area (Å²) in [4.78, 5) is 25.2. The maximum absolute atomic E-state index is 12.5. The smallest absolute Gasteiger partial charge is 0.317 e. The summed E-state index contributed by atoms with van der Waals surface area (Å²) in [5, 5.41) is 10.0. The fraction of sp³-hybridized carbons (Fsp3) is 0.579. The molecule has 0 bridgehead atoms. The van der Waals surface area contributed by atoms with E-state index in [4.69, 9.17) is 0 Å². The summed E-state index contributed by atoms with van der Waals surface area (Å²) in [7, 11) is 0. The van der Waals surface area contributed by atoms with Crippen molar-refractivity contribution in [1.82, 2.24) is 35.3 Å². The average Bonchev–Trinajstić information content (AvgIpc) is 3.03. The number of aromatic amines is 1. The Balaban J connectivity index is 1.46. The van der Waals surface area contributed by atoms with Crippen molar-refractivity contribution in [3.05, 3.63) is 30.4 Å². The van der Waals surface area contributed by atoms with Crippen molar-refractivity contribution >= 4 is 6.03 Å². The van der Waals surface area contributed by atoms with Crippen LogP contribution in [0.4, 0.5) is 4.79 Å². The molecule has 0 saturated carbocycles. The van der Waals surface area contributed by atoms with Crippen molar-refractivity contribution in [3.8, 4) is 11.4 Å². The van der Waals surface area contributed by atoms with Gasteiger partial charge in [-0.3, -0.25) is 10.1 Å². The summed E-state index contributed by atoms with van der Waals surface area (Å²) in [5.74, 6) is 1.24. The first kappa shape index (κ1) is 19.3. The summed E-state index contributed by atoms with van der Waals surface area (Å²) < 4.78 is 0. The number of urea groups is 1. The molecule has 3 heterocycles. The highest BCUT2D eigenvalue weighted by Crippen LogP contribution is 2.12. The molecule has 1 saturated heterocycles. The number of carbonyl (C=O) groups is 1. The summed E-state index contributed by atoms with van der Waals surface area (Å²) in [5.41, 5.74) is 0.895. The van der Waals surface area contributed by atoms with Crippen LogP contribution in [-0.4, -0.2) is 68.7 Å². The van der Waals surface area contributed by atoms with E-state index in [1.807, 2.05) is 24.0 Å². The predicted molar refractivity (Wildman–Crippen MR) is 104 cm³/mol. The molecule has 2 aromatic rings. The van der Waals surface area contributed by atoms with E-state index in [1.165, 1.54) is 25.7 Å². The van der Waals surface area contributed by atoms with Crippen LogP contribution in [0.2, 0.25) is 0 Å². The SMILES string of the molecule is CCN(CCN1CCCCCC1)C(=O)NCc1nc(-c2ccncc2)n[nH]1. The van der Waals surface area contributed by atoms with Gasteiger partial charge in [0.25, 0.3) is 0 Å². The van der Waals surface area contributed by atoms with Gasteiger partial charge in [-0.1, -0.05) is 12.8 Å². The summed E-state index contributed by atoms with van der Waals surface area (Å²) in [6.45, 7) is 7.02. The van der Waals surface area contributed by atoms with Crippen LogP contribution in [0.25, 0.3) is 11.4 Å². The summed E-state index contributed by atoms with van der Waals surface area (Å²) in [6.07, 6.45) is 8.60. The van der Waals surface area contributed by atoms with Gasteiger partial charge in [-0.25, -0.2) is 9.78 Å². The zero-order chi connectivity index (χ0) is 18.9. The number of likely N-dealkylation sites (N-methyl/N-ethyl adjacent to an activating group) is 1. The fourth-order valence-corrected chi connectivity index (χ4v) is 3.30. The molecule has 0 aliphatic carbocycles. The van der Waals surface area contributed by atoms with Crippen molar-refractivity contribution in [1.29, 1.82) is 0 Å². The highest BCUT2D eigenvalue weighted by Gasteiger charge is 2.15. The average molecular weight is 371 g/mol. The number of nitrogens with zero attached hydrogens (tertiary/aromatic N) is 5. The number of hydrogen-bond acceptors (Lipinski definition) is 5. The standard InChI is InChI=1S/C19H29N7O/c1-2-26(14-13-25-11-5-3-4-6-12-25)19(27)21-15-17-22-18(24-23-17)16-7-9-20-10-8-16/h7-10H,2-6,11-15H2,1H3,(H,21,27)(H,22,23,24). The molecule has 8 heteroatoms. The van der Waals surface area contributed by atoms with Crippen molar-refractivity contribution < 1.29 is 4.79 Å². The summed E-state index contributed by atoms with van der Waals surface area (Å²) >= 11 is 0. The van der Waals surface area contributed by atoms with Crippen LogP contribution in [0.3, 0.4) is 0 Å².